The third kappa shape index (κ3) is 0.514. The van der Waals surface area contributed by atoms with Crippen molar-refractivity contribution in [3.05, 3.63) is 24.1 Å². The van der Waals surface area contributed by atoms with E-state index in [4.69, 9.17) is 4.42 Å². The van der Waals surface area contributed by atoms with Crippen LogP contribution in [-0.2, 0) is 6.67 Å². The molecule has 3 heterocycles. The minimum atomic E-state index is -0.0265. The van der Waals surface area contributed by atoms with E-state index in [1.165, 1.54) is 0 Å². The van der Waals surface area contributed by atoms with Crippen LogP contribution in [0.4, 0.5) is 0 Å². The number of aromatic nitrogens is 1. The number of hydrogen-bond donors (Lipinski definition) is 1. The van der Waals surface area contributed by atoms with Gasteiger partial charge in [-0.2, -0.15) is 0 Å². The van der Waals surface area contributed by atoms with Crippen molar-refractivity contribution in [2.45, 2.75) is 6.67 Å². The number of amides is 1. The molecule has 4 nitrogen and oxygen atoms in total. The maximum Gasteiger partial charge on any atom is 0.269 e. The largest absolute Gasteiger partial charge is 0.463 e. The Kier molecular flexibility index (Phi) is 0.841. The molecular formula is C8H6N2O2. The Hall–Kier alpha value is -1.71. The molecule has 0 bridgehead atoms. The summed E-state index contributed by atoms with van der Waals surface area (Å²) in [5.41, 5.74) is 2.44. The molecule has 1 aliphatic rings. The highest BCUT2D eigenvalue weighted by atomic mass is 16.3. The smallest absolute Gasteiger partial charge is 0.269 e. The zero-order valence-electron chi connectivity index (χ0n) is 6.20. The quantitative estimate of drug-likeness (QED) is 0.626. The van der Waals surface area contributed by atoms with Gasteiger partial charge in [-0.15, -0.1) is 0 Å². The molecule has 0 aromatic carbocycles. The van der Waals surface area contributed by atoms with Gasteiger partial charge in [0, 0.05) is 12.1 Å². The topological polar surface area (TPSA) is 47.2 Å². The fourth-order valence-corrected chi connectivity index (χ4v) is 1.58. The lowest BCUT2D eigenvalue weighted by Gasteiger charge is -1.92. The molecule has 4 heteroatoms. The highest BCUT2D eigenvalue weighted by Gasteiger charge is 2.22. The summed E-state index contributed by atoms with van der Waals surface area (Å²) in [5.74, 6) is -0.0265. The van der Waals surface area contributed by atoms with Crippen LogP contribution in [0.25, 0.3) is 11.1 Å². The molecule has 1 N–H and O–H groups in total. The van der Waals surface area contributed by atoms with Gasteiger partial charge in [-0.1, -0.05) is 0 Å². The number of fused-ring (bicyclic) bond motifs is 3. The number of carbonyl (C=O) groups excluding carboxylic acids is 1. The van der Waals surface area contributed by atoms with E-state index in [2.05, 4.69) is 5.32 Å². The summed E-state index contributed by atoms with van der Waals surface area (Å²) in [4.78, 5) is 11.2. The molecule has 3 rings (SSSR count). The number of nitrogens with one attached hydrogen (secondary N) is 1. The van der Waals surface area contributed by atoms with Crippen LogP contribution in [-0.4, -0.2) is 10.5 Å². The summed E-state index contributed by atoms with van der Waals surface area (Å²) in [5, 5.41) is 2.73. The Labute approximate surface area is 67.8 Å². The minimum absolute atomic E-state index is 0.0265. The molecule has 0 unspecified atom stereocenters. The average molecular weight is 162 g/mol. The molecule has 0 fully saturated rings. The average Bonchev–Trinajstić information content (AvgIpc) is 2.63. The summed E-state index contributed by atoms with van der Waals surface area (Å²) < 4.78 is 7.07. The van der Waals surface area contributed by atoms with Gasteiger partial charge in [0.15, 0.2) is 5.58 Å². The normalized spacial score (nSPS) is 15.2. The Bertz CT molecular complexity index is 466. The third-order valence-corrected chi connectivity index (χ3v) is 2.15. The number of carbonyl (C=O) groups is 1. The molecule has 1 amide bonds. The molecule has 2 aromatic heterocycles. The van der Waals surface area contributed by atoms with Crippen molar-refractivity contribution < 1.29 is 9.21 Å². The van der Waals surface area contributed by atoms with Crippen LogP contribution >= 0.6 is 0 Å². The van der Waals surface area contributed by atoms with Crippen LogP contribution in [0, 0.1) is 0 Å². The van der Waals surface area contributed by atoms with Crippen molar-refractivity contribution in [2.24, 2.45) is 0 Å². The zero-order valence-corrected chi connectivity index (χ0v) is 6.20. The molecular weight excluding hydrogens is 156 g/mol. The minimum Gasteiger partial charge on any atom is -0.463 e. The van der Waals surface area contributed by atoms with E-state index < -0.39 is 0 Å². The predicted octanol–water partition coefficient (Wildman–Crippen LogP) is 0.935. The maximum atomic E-state index is 11.2. The summed E-state index contributed by atoms with van der Waals surface area (Å²) in [6.45, 7) is 0.553. The van der Waals surface area contributed by atoms with E-state index in [1.807, 2.05) is 10.6 Å². The number of rotatable bonds is 0. The van der Waals surface area contributed by atoms with Crippen LogP contribution in [0.2, 0.25) is 0 Å². The molecule has 0 aliphatic carbocycles. The molecule has 60 valence electrons. The molecule has 0 saturated carbocycles. The molecule has 0 spiro atoms. The van der Waals surface area contributed by atoms with Gasteiger partial charge in [0.1, 0.15) is 5.69 Å². The first kappa shape index (κ1) is 5.88. The highest BCUT2D eigenvalue weighted by molar-refractivity contribution is 5.99. The van der Waals surface area contributed by atoms with Gasteiger partial charge in [0.2, 0.25) is 0 Å². The SMILES string of the molecule is O=C1NCn2c1cc1occc12. The van der Waals surface area contributed by atoms with Gasteiger partial charge in [0.05, 0.1) is 18.4 Å². The van der Waals surface area contributed by atoms with E-state index in [-0.39, 0.29) is 5.91 Å². The first-order chi connectivity index (χ1) is 5.86. The zero-order chi connectivity index (χ0) is 8.13. The molecule has 0 radical (unpaired) electrons. The Morgan fingerprint density at radius 3 is 3.42 bits per heavy atom. The standard InChI is InChI=1S/C8H6N2O2/c11-8-6-3-7-5(1-2-12-7)10(6)4-9-8/h1-3H,4H2,(H,9,11). The van der Waals surface area contributed by atoms with Gasteiger partial charge in [-0.05, 0) is 0 Å². The van der Waals surface area contributed by atoms with Gasteiger partial charge >= 0.3 is 0 Å². The number of hydrogen-bond acceptors (Lipinski definition) is 2. The Morgan fingerprint density at radius 1 is 1.58 bits per heavy atom. The van der Waals surface area contributed by atoms with Crippen LogP contribution in [0.5, 0.6) is 0 Å². The molecule has 12 heavy (non-hydrogen) atoms. The van der Waals surface area contributed by atoms with Gasteiger partial charge in [0.25, 0.3) is 5.91 Å². The van der Waals surface area contributed by atoms with Crippen molar-refractivity contribution >= 4 is 17.0 Å². The van der Waals surface area contributed by atoms with E-state index in [9.17, 15) is 4.79 Å². The molecule has 2 aromatic rings. The van der Waals surface area contributed by atoms with Gasteiger partial charge in [-0.25, -0.2) is 0 Å². The van der Waals surface area contributed by atoms with Crippen molar-refractivity contribution in [1.29, 1.82) is 0 Å². The van der Waals surface area contributed by atoms with Crippen molar-refractivity contribution in [3.63, 3.8) is 0 Å². The van der Waals surface area contributed by atoms with Crippen molar-refractivity contribution in [1.82, 2.24) is 9.88 Å². The lowest BCUT2D eigenvalue weighted by molar-refractivity contribution is 0.0966. The second-order valence-corrected chi connectivity index (χ2v) is 2.79. The van der Waals surface area contributed by atoms with Crippen LogP contribution in [0.1, 0.15) is 10.5 Å². The summed E-state index contributed by atoms with van der Waals surface area (Å²) in [6, 6.07) is 3.62. The van der Waals surface area contributed by atoms with Crippen LogP contribution < -0.4 is 5.32 Å². The van der Waals surface area contributed by atoms with E-state index >= 15 is 0 Å². The van der Waals surface area contributed by atoms with E-state index in [0.717, 1.165) is 11.1 Å². The van der Waals surface area contributed by atoms with E-state index in [1.54, 1.807) is 12.3 Å². The Balaban J connectivity index is 2.46. The fourth-order valence-electron chi connectivity index (χ4n) is 1.58. The first-order valence-corrected chi connectivity index (χ1v) is 3.71. The molecule has 0 saturated heterocycles. The van der Waals surface area contributed by atoms with E-state index in [0.29, 0.717) is 12.4 Å². The lowest BCUT2D eigenvalue weighted by atomic mass is 10.4. The van der Waals surface area contributed by atoms with Crippen molar-refractivity contribution in [3.8, 4) is 0 Å². The summed E-state index contributed by atoms with van der Waals surface area (Å²) in [6.07, 6.45) is 1.63. The summed E-state index contributed by atoms with van der Waals surface area (Å²) >= 11 is 0. The lowest BCUT2D eigenvalue weighted by Crippen LogP contribution is -2.13. The van der Waals surface area contributed by atoms with Gasteiger partial charge < -0.3 is 14.3 Å². The van der Waals surface area contributed by atoms with Crippen LogP contribution in [0.15, 0.2) is 22.8 Å². The highest BCUT2D eigenvalue weighted by Crippen LogP contribution is 2.22. The Morgan fingerprint density at radius 2 is 2.50 bits per heavy atom. The monoisotopic (exact) mass is 162 g/mol. The number of furan rings is 1. The first-order valence-electron chi connectivity index (χ1n) is 3.71. The molecule has 0 atom stereocenters. The van der Waals surface area contributed by atoms with Crippen molar-refractivity contribution in [2.75, 3.05) is 0 Å². The van der Waals surface area contributed by atoms with Crippen LogP contribution in [0.3, 0.4) is 0 Å². The third-order valence-electron chi connectivity index (χ3n) is 2.15. The van der Waals surface area contributed by atoms with Gasteiger partial charge in [-0.3, -0.25) is 4.79 Å². The predicted molar refractivity (Wildman–Crippen MR) is 41.7 cm³/mol. The maximum absolute atomic E-state index is 11.2. The fraction of sp³-hybridized carbons (Fsp3) is 0.125. The summed E-state index contributed by atoms with van der Waals surface area (Å²) in [7, 11) is 0. The second kappa shape index (κ2) is 1.72. The molecule has 1 aliphatic heterocycles. The number of nitrogens with zero attached hydrogens (tertiary/aromatic N) is 1. The second-order valence-electron chi connectivity index (χ2n) is 2.79.